The molecule has 3 heteroatoms. The molecule has 1 heterocycles. The third-order valence-corrected chi connectivity index (χ3v) is 2.71. The van der Waals surface area contributed by atoms with Crippen molar-refractivity contribution in [2.45, 2.75) is 13.3 Å². The van der Waals surface area contributed by atoms with Crippen molar-refractivity contribution in [2.75, 3.05) is 45.4 Å². The zero-order valence-corrected chi connectivity index (χ0v) is 9.28. The molecule has 0 aliphatic carbocycles. The van der Waals surface area contributed by atoms with E-state index in [0.29, 0.717) is 0 Å². The minimum Gasteiger partial charge on any atom is -0.301 e. The molecule has 0 aromatic heterocycles. The molecule has 1 aliphatic rings. The van der Waals surface area contributed by atoms with Gasteiger partial charge in [0, 0.05) is 32.7 Å². The van der Waals surface area contributed by atoms with Crippen LogP contribution in [0.25, 0.3) is 0 Å². The zero-order valence-electron chi connectivity index (χ0n) is 8.13. The predicted molar refractivity (Wildman–Crippen MR) is 57.7 cm³/mol. The Bertz CT molecular complexity index is 97.1. The van der Waals surface area contributed by atoms with Gasteiger partial charge >= 0.3 is 0 Å². The van der Waals surface area contributed by atoms with Gasteiger partial charge in [-0.05, 0) is 19.1 Å². The van der Waals surface area contributed by atoms with E-state index in [1.54, 1.807) is 0 Å². The summed E-state index contributed by atoms with van der Waals surface area (Å²) in [6, 6.07) is 0. The van der Waals surface area contributed by atoms with Gasteiger partial charge in [-0.3, -0.25) is 0 Å². The van der Waals surface area contributed by atoms with Crippen LogP contribution in [0.4, 0.5) is 0 Å². The van der Waals surface area contributed by atoms with Crippen LogP contribution in [0.5, 0.6) is 0 Å². The van der Waals surface area contributed by atoms with Crippen LogP contribution >= 0.6 is 9.24 Å². The number of hydrogen-bond donors (Lipinski definition) is 0. The van der Waals surface area contributed by atoms with E-state index < -0.39 is 0 Å². The van der Waals surface area contributed by atoms with Crippen molar-refractivity contribution in [1.29, 1.82) is 0 Å². The molecule has 0 aromatic rings. The smallest absolute Gasteiger partial charge is 0.0110 e. The molecular formula is C9H21N2P. The maximum Gasteiger partial charge on any atom is 0.0110 e. The van der Waals surface area contributed by atoms with E-state index in [2.05, 4.69) is 26.0 Å². The van der Waals surface area contributed by atoms with Crippen LogP contribution in [0.15, 0.2) is 0 Å². The molecule has 0 N–H and O–H groups in total. The van der Waals surface area contributed by atoms with Crippen molar-refractivity contribution in [3.63, 3.8) is 0 Å². The Morgan fingerprint density at radius 2 is 1.50 bits per heavy atom. The summed E-state index contributed by atoms with van der Waals surface area (Å²) in [6.07, 6.45) is 2.51. The number of nitrogens with zero attached hydrogens (tertiary/aromatic N) is 2. The maximum atomic E-state index is 2.80. The van der Waals surface area contributed by atoms with Gasteiger partial charge in [-0.1, -0.05) is 6.92 Å². The first-order valence-electron chi connectivity index (χ1n) is 5.01. The highest BCUT2D eigenvalue weighted by molar-refractivity contribution is 7.16. The van der Waals surface area contributed by atoms with Crippen molar-refractivity contribution in [2.24, 2.45) is 0 Å². The van der Waals surface area contributed by atoms with Gasteiger partial charge in [0.1, 0.15) is 0 Å². The zero-order chi connectivity index (χ0) is 8.81. The fourth-order valence-corrected chi connectivity index (χ4v) is 2.10. The van der Waals surface area contributed by atoms with Gasteiger partial charge in [-0.2, -0.15) is 0 Å². The third kappa shape index (κ3) is 3.38. The molecule has 0 spiro atoms. The normalized spacial score (nSPS) is 21.5. The molecule has 0 amide bonds. The van der Waals surface area contributed by atoms with Gasteiger partial charge in [0.05, 0.1) is 0 Å². The van der Waals surface area contributed by atoms with Gasteiger partial charge in [0.25, 0.3) is 0 Å². The Balaban J connectivity index is 2.11. The molecule has 1 rings (SSSR count). The van der Waals surface area contributed by atoms with Crippen LogP contribution in [-0.2, 0) is 0 Å². The van der Waals surface area contributed by atoms with Gasteiger partial charge in [0.15, 0.2) is 0 Å². The lowest BCUT2D eigenvalue weighted by atomic mass is 10.3. The molecule has 1 fully saturated rings. The molecular weight excluding hydrogens is 167 g/mol. The maximum absolute atomic E-state index is 2.80. The molecule has 12 heavy (non-hydrogen) atoms. The molecule has 1 aliphatic heterocycles. The summed E-state index contributed by atoms with van der Waals surface area (Å²) in [5.41, 5.74) is 0. The second kappa shape index (κ2) is 5.90. The van der Waals surface area contributed by atoms with E-state index in [1.165, 1.54) is 51.9 Å². The summed E-state index contributed by atoms with van der Waals surface area (Å²) in [5, 5.41) is 0. The largest absolute Gasteiger partial charge is 0.301 e. The van der Waals surface area contributed by atoms with Crippen LogP contribution in [0.3, 0.4) is 0 Å². The first kappa shape index (κ1) is 10.4. The number of piperazine rings is 1. The monoisotopic (exact) mass is 188 g/mol. The molecule has 0 radical (unpaired) electrons. The average Bonchev–Trinajstić information content (AvgIpc) is 2.09. The second-order valence-corrected chi connectivity index (χ2v) is 4.05. The Hall–Kier alpha value is 0.350. The van der Waals surface area contributed by atoms with Gasteiger partial charge in [-0.25, -0.2) is 0 Å². The summed E-state index contributed by atoms with van der Waals surface area (Å²) in [4.78, 5) is 5.12. The Labute approximate surface area is 78.5 Å². The highest BCUT2D eigenvalue weighted by Gasteiger charge is 2.14. The van der Waals surface area contributed by atoms with Gasteiger partial charge < -0.3 is 9.80 Å². The van der Waals surface area contributed by atoms with Crippen LogP contribution in [0, 0.1) is 0 Å². The highest BCUT2D eigenvalue weighted by atomic mass is 31.0. The van der Waals surface area contributed by atoms with Crippen molar-refractivity contribution in [1.82, 2.24) is 9.80 Å². The second-order valence-electron chi connectivity index (χ2n) is 3.47. The average molecular weight is 188 g/mol. The van der Waals surface area contributed by atoms with Gasteiger partial charge in [0.2, 0.25) is 0 Å². The quantitative estimate of drug-likeness (QED) is 0.604. The summed E-state index contributed by atoms with van der Waals surface area (Å²) >= 11 is 0. The molecule has 0 saturated carbocycles. The molecule has 1 atom stereocenters. The van der Waals surface area contributed by atoms with Crippen molar-refractivity contribution in [3.05, 3.63) is 0 Å². The van der Waals surface area contributed by atoms with Gasteiger partial charge in [-0.15, -0.1) is 9.24 Å². The Morgan fingerprint density at radius 1 is 1.00 bits per heavy atom. The van der Waals surface area contributed by atoms with E-state index in [9.17, 15) is 0 Å². The molecule has 1 saturated heterocycles. The topological polar surface area (TPSA) is 6.48 Å². The van der Waals surface area contributed by atoms with E-state index in [0.717, 1.165) is 0 Å². The standard InChI is InChI=1S/C9H21N2P/c1-2-3-10-4-6-11(7-5-10)8-9-12/h2-9,12H2,1H3. The first-order chi connectivity index (χ1) is 5.86. The minimum absolute atomic E-state index is 1.22. The van der Waals surface area contributed by atoms with E-state index in [-0.39, 0.29) is 0 Å². The van der Waals surface area contributed by atoms with Crippen LogP contribution in [0.2, 0.25) is 0 Å². The predicted octanol–water partition coefficient (Wildman–Crippen LogP) is 0.889. The molecule has 72 valence electrons. The van der Waals surface area contributed by atoms with Crippen LogP contribution < -0.4 is 0 Å². The summed E-state index contributed by atoms with van der Waals surface area (Å²) < 4.78 is 0. The lowest BCUT2D eigenvalue weighted by Gasteiger charge is -2.34. The number of rotatable bonds is 4. The van der Waals surface area contributed by atoms with Crippen molar-refractivity contribution < 1.29 is 0 Å². The summed E-state index contributed by atoms with van der Waals surface area (Å²) in [7, 11) is 2.80. The lowest BCUT2D eigenvalue weighted by Crippen LogP contribution is -2.46. The first-order valence-corrected chi connectivity index (χ1v) is 5.83. The third-order valence-electron chi connectivity index (χ3n) is 2.45. The summed E-state index contributed by atoms with van der Waals surface area (Å²) in [6.45, 7) is 9.90. The Kier molecular flexibility index (Phi) is 5.13. The molecule has 0 aromatic carbocycles. The molecule has 0 bridgehead atoms. The van der Waals surface area contributed by atoms with Crippen LogP contribution in [0.1, 0.15) is 13.3 Å². The molecule has 2 nitrogen and oxygen atoms in total. The van der Waals surface area contributed by atoms with E-state index in [4.69, 9.17) is 0 Å². The fourth-order valence-electron chi connectivity index (χ4n) is 1.74. The highest BCUT2D eigenvalue weighted by Crippen LogP contribution is 2.02. The van der Waals surface area contributed by atoms with Crippen molar-refractivity contribution in [3.8, 4) is 0 Å². The van der Waals surface area contributed by atoms with Crippen molar-refractivity contribution >= 4 is 9.24 Å². The fraction of sp³-hybridized carbons (Fsp3) is 1.00. The van der Waals surface area contributed by atoms with E-state index in [1.807, 2.05) is 0 Å². The lowest BCUT2D eigenvalue weighted by molar-refractivity contribution is 0.138. The SMILES string of the molecule is CCCN1CCN(CCP)CC1. The Morgan fingerprint density at radius 3 is 1.92 bits per heavy atom. The van der Waals surface area contributed by atoms with Crippen LogP contribution in [-0.4, -0.2) is 55.2 Å². The van der Waals surface area contributed by atoms with E-state index >= 15 is 0 Å². The summed E-state index contributed by atoms with van der Waals surface area (Å²) in [5.74, 6) is 0. The molecule has 1 unspecified atom stereocenters. The minimum atomic E-state index is 1.22. The number of hydrogen-bond acceptors (Lipinski definition) is 2.